The lowest BCUT2D eigenvalue weighted by Crippen LogP contribution is -2.49. The normalized spacial score (nSPS) is 19.2. The van der Waals surface area contributed by atoms with Crippen LogP contribution in [0.2, 0.25) is 0 Å². The van der Waals surface area contributed by atoms with Crippen LogP contribution in [0.3, 0.4) is 0 Å². The summed E-state index contributed by atoms with van der Waals surface area (Å²) in [7, 11) is 7.12. The smallest absolute Gasteiger partial charge is 0.410 e. The monoisotopic (exact) mass is 680 g/mol. The van der Waals surface area contributed by atoms with Crippen LogP contribution in [0.4, 0.5) is 4.79 Å². The topological polar surface area (TPSA) is 118 Å². The summed E-state index contributed by atoms with van der Waals surface area (Å²) in [6.45, 7) is 8.25. The first kappa shape index (κ1) is 37.7. The molecule has 0 radical (unpaired) electrons. The average molecular weight is 681 g/mol. The molecule has 0 bridgehead atoms. The molecule has 2 aliphatic rings. The minimum absolute atomic E-state index is 0.0297. The van der Waals surface area contributed by atoms with E-state index >= 15 is 0 Å². The van der Waals surface area contributed by atoms with Crippen molar-refractivity contribution in [2.75, 3.05) is 53.9 Å². The van der Waals surface area contributed by atoms with Gasteiger partial charge in [-0.3, -0.25) is 19.1 Å². The molecule has 12 heteroatoms. The maximum Gasteiger partial charge on any atom is 0.410 e. The van der Waals surface area contributed by atoms with Crippen LogP contribution in [0, 0.1) is 5.41 Å². The van der Waals surface area contributed by atoms with Crippen LogP contribution in [0.15, 0.2) is 36.7 Å². The van der Waals surface area contributed by atoms with Crippen molar-refractivity contribution in [3.8, 4) is 5.75 Å². The molecule has 0 N–H and O–H groups in total. The van der Waals surface area contributed by atoms with Crippen molar-refractivity contribution in [3.63, 3.8) is 0 Å². The van der Waals surface area contributed by atoms with Gasteiger partial charge in [0.05, 0.1) is 18.4 Å². The maximum absolute atomic E-state index is 14.0. The quantitative estimate of drug-likeness (QED) is 0.414. The van der Waals surface area contributed by atoms with Crippen molar-refractivity contribution < 1.29 is 28.7 Å². The number of rotatable bonds is 7. The van der Waals surface area contributed by atoms with Crippen LogP contribution in [-0.2, 0) is 27.8 Å². The zero-order valence-electron chi connectivity index (χ0n) is 30.6. The first-order chi connectivity index (χ1) is 23.2. The highest BCUT2D eigenvalue weighted by Crippen LogP contribution is 2.38. The second-order valence-electron chi connectivity index (χ2n) is 14.9. The number of carbonyl (C=O) groups excluding carboxylic acids is 4. The molecule has 49 heavy (non-hydrogen) atoms. The zero-order valence-corrected chi connectivity index (χ0v) is 30.6. The van der Waals surface area contributed by atoms with Crippen molar-refractivity contribution in [2.45, 2.75) is 90.2 Å². The number of fused-ring (bicyclic) bond motifs is 1. The Morgan fingerprint density at radius 2 is 1.76 bits per heavy atom. The number of likely N-dealkylation sites (N-methyl/N-ethyl adjacent to an activating group) is 2. The lowest BCUT2D eigenvalue weighted by Gasteiger charge is -2.42. The van der Waals surface area contributed by atoms with Crippen molar-refractivity contribution in [3.05, 3.63) is 47.8 Å². The van der Waals surface area contributed by atoms with Gasteiger partial charge in [0.2, 0.25) is 11.8 Å². The second kappa shape index (κ2) is 16.5. The average Bonchev–Trinajstić information content (AvgIpc) is 3.49. The molecule has 1 saturated heterocycles. The van der Waals surface area contributed by atoms with Gasteiger partial charge in [0, 0.05) is 72.4 Å². The van der Waals surface area contributed by atoms with E-state index in [2.05, 4.69) is 5.10 Å². The van der Waals surface area contributed by atoms with Gasteiger partial charge >= 0.3 is 6.09 Å². The van der Waals surface area contributed by atoms with E-state index in [1.807, 2.05) is 46.1 Å². The number of amides is 4. The predicted molar refractivity (Wildman–Crippen MR) is 187 cm³/mol. The minimum atomic E-state index is -0.684. The summed E-state index contributed by atoms with van der Waals surface area (Å²) in [5, 5.41) is 4.17. The highest BCUT2D eigenvalue weighted by molar-refractivity contribution is 5.99. The number of likely N-dealkylation sites (tertiary alicyclic amines) is 1. The van der Waals surface area contributed by atoms with E-state index < -0.39 is 11.6 Å². The van der Waals surface area contributed by atoms with Crippen LogP contribution in [-0.4, -0.2) is 119 Å². The SMILES string of the molecule is CN(CCC[C@H]1C(=O)N(C)CCCCC2(CCN(C(=O)OC(C)(C)C)CC2)COc2ccccc2C(=O)N1C)C(=O)CCc1cnn(C)c1. The number of aromatic nitrogens is 2. The van der Waals surface area contributed by atoms with E-state index in [1.54, 1.807) is 58.9 Å². The number of ether oxygens (including phenoxy) is 2. The number of piperidine rings is 1. The maximum atomic E-state index is 14.0. The summed E-state index contributed by atoms with van der Waals surface area (Å²) < 4.78 is 13.8. The van der Waals surface area contributed by atoms with Crippen LogP contribution in [0.5, 0.6) is 5.75 Å². The first-order valence-electron chi connectivity index (χ1n) is 17.6. The number of carbonyl (C=O) groups is 4. The molecule has 0 saturated carbocycles. The standard InChI is InChI=1S/C37H56N6O6/c1-36(2,3)49-35(47)43-23-19-37(20-24-43)18-10-11-21-40(5)34(46)30(42(7)33(45)29-13-8-9-15-31(29)48-27-37)14-12-22-39(4)32(44)17-16-28-25-38-41(6)26-28/h8-9,13,15,25-26,30H,10-12,14,16-24,27H2,1-7H3/t30-/m0/s1. The molecule has 1 aromatic carbocycles. The molecule has 1 aromatic heterocycles. The van der Waals surface area contributed by atoms with Gasteiger partial charge in [0.25, 0.3) is 5.91 Å². The van der Waals surface area contributed by atoms with E-state index in [1.165, 1.54) is 4.90 Å². The van der Waals surface area contributed by atoms with Gasteiger partial charge in [-0.15, -0.1) is 0 Å². The Labute approximate surface area is 291 Å². The van der Waals surface area contributed by atoms with Gasteiger partial charge in [-0.25, -0.2) is 4.79 Å². The summed E-state index contributed by atoms with van der Waals surface area (Å²) in [5.41, 5.74) is 0.700. The molecule has 0 aliphatic carbocycles. The van der Waals surface area contributed by atoms with Gasteiger partial charge in [0.1, 0.15) is 17.4 Å². The van der Waals surface area contributed by atoms with Crippen LogP contribution in [0.1, 0.15) is 88.1 Å². The lowest BCUT2D eigenvalue weighted by molar-refractivity contribution is -0.134. The van der Waals surface area contributed by atoms with Crippen LogP contribution in [0.25, 0.3) is 0 Å². The molecule has 270 valence electrons. The van der Waals surface area contributed by atoms with Gasteiger partial charge in [-0.2, -0.15) is 5.10 Å². The summed E-state index contributed by atoms with van der Waals surface area (Å²) in [5.74, 6) is 0.123. The molecule has 12 nitrogen and oxygen atoms in total. The second-order valence-corrected chi connectivity index (χ2v) is 14.9. The molecule has 2 aliphatic heterocycles. The Hall–Kier alpha value is -4.09. The van der Waals surface area contributed by atoms with Crippen molar-refractivity contribution >= 4 is 23.8 Å². The van der Waals surface area contributed by atoms with Crippen molar-refractivity contribution in [2.24, 2.45) is 12.5 Å². The van der Waals surface area contributed by atoms with Gasteiger partial charge in [-0.05, 0) is 83.4 Å². The third kappa shape index (κ3) is 10.4. The minimum Gasteiger partial charge on any atom is -0.492 e. The van der Waals surface area contributed by atoms with E-state index in [-0.39, 0.29) is 29.2 Å². The fourth-order valence-corrected chi connectivity index (χ4v) is 6.67. The molecular formula is C37H56N6O6. The van der Waals surface area contributed by atoms with E-state index in [0.717, 1.165) is 37.7 Å². The third-order valence-electron chi connectivity index (χ3n) is 9.81. The molecular weight excluding hydrogens is 624 g/mol. The molecule has 0 unspecified atom stereocenters. The van der Waals surface area contributed by atoms with Gasteiger partial charge < -0.3 is 29.1 Å². The fraction of sp³-hybridized carbons (Fsp3) is 0.649. The summed E-state index contributed by atoms with van der Waals surface area (Å²) in [4.78, 5) is 60.3. The molecule has 2 aromatic rings. The summed E-state index contributed by atoms with van der Waals surface area (Å²) in [6, 6.07) is 6.53. The molecule has 1 spiro atoms. The Kier molecular flexibility index (Phi) is 12.7. The number of hydrogen-bond donors (Lipinski definition) is 0. The zero-order chi connectivity index (χ0) is 35.8. The Morgan fingerprint density at radius 3 is 2.43 bits per heavy atom. The fourth-order valence-electron chi connectivity index (χ4n) is 6.67. The Bertz CT molecular complexity index is 1440. The summed E-state index contributed by atoms with van der Waals surface area (Å²) in [6.07, 6.45) is 9.51. The number of para-hydroxylation sites is 1. The number of aryl methyl sites for hydroxylation is 2. The van der Waals surface area contributed by atoms with Crippen molar-refractivity contribution in [1.82, 2.24) is 29.4 Å². The lowest BCUT2D eigenvalue weighted by atomic mass is 9.75. The third-order valence-corrected chi connectivity index (χ3v) is 9.81. The van der Waals surface area contributed by atoms with E-state index in [4.69, 9.17) is 9.47 Å². The molecule has 4 amide bonds. The van der Waals surface area contributed by atoms with Gasteiger partial charge in [-0.1, -0.05) is 18.6 Å². The number of hydrogen-bond acceptors (Lipinski definition) is 7. The molecule has 4 rings (SSSR count). The van der Waals surface area contributed by atoms with Crippen LogP contribution < -0.4 is 4.74 Å². The Morgan fingerprint density at radius 1 is 1.04 bits per heavy atom. The van der Waals surface area contributed by atoms with E-state index in [0.29, 0.717) is 69.8 Å². The Balaban J connectivity index is 1.44. The highest BCUT2D eigenvalue weighted by Gasteiger charge is 2.39. The number of benzene rings is 1. The first-order valence-corrected chi connectivity index (χ1v) is 17.6. The number of nitrogens with zero attached hydrogens (tertiary/aromatic N) is 6. The van der Waals surface area contributed by atoms with Crippen molar-refractivity contribution in [1.29, 1.82) is 0 Å². The largest absolute Gasteiger partial charge is 0.492 e. The molecule has 1 fully saturated rings. The van der Waals surface area contributed by atoms with E-state index in [9.17, 15) is 19.2 Å². The van der Waals surface area contributed by atoms with Gasteiger partial charge in [0.15, 0.2) is 0 Å². The van der Waals surface area contributed by atoms with Crippen LogP contribution >= 0.6 is 0 Å². The predicted octanol–water partition coefficient (Wildman–Crippen LogP) is 4.77. The molecule has 3 heterocycles. The molecule has 1 atom stereocenters. The summed E-state index contributed by atoms with van der Waals surface area (Å²) >= 11 is 0. The highest BCUT2D eigenvalue weighted by atomic mass is 16.6.